The molecule has 0 amide bonds. The van der Waals surface area contributed by atoms with Crippen LogP contribution in [0.3, 0.4) is 0 Å². The molecule has 0 spiro atoms. The van der Waals surface area contributed by atoms with Gasteiger partial charge in [0.1, 0.15) is 15.6 Å². The van der Waals surface area contributed by atoms with Crippen molar-refractivity contribution in [3.05, 3.63) is 42.8 Å². The van der Waals surface area contributed by atoms with E-state index in [9.17, 15) is 4.79 Å². The number of thiazole rings is 1. The summed E-state index contributed by atoms with van der Waals surface area (Å²) in [7, 11) is 0. The van der Waals surface area contributed by atoms with Crippen LogP contribution in [0, 0.1) is 6.92 Å². The van der Waals surface area contributed by atoms with Crippen LogP contribution in [0.5, 0.6) is 0 Å². The molecule has 0 aliphatic rings. The fourth-order valence-corrected chi connectivity index (χ4v) is 3.65. The van der Waals surface area contributed by atoms with Crippen LogP contribution in [0.4, 0.5) is 5.82 Å². The smallest absolute Gasteiger partial charge is 0.259 e. The summed E-state index contributed by atoms with van der Waals surface area (Å²) >= 11 is 10.8. The summed E-state index contributed by atoms with van der Waals surface area (Å²) in [5.41, 5.74) is 6.02. The van der Waals surface area contributed by atoms with Crippen molar-refractivity contribution in [1.82, 2.24) is 19.2 Å². The molecule has 0 bridgehead atoms. The molecule has 0 aromatic carbocycles. The Kier molecular flexibility index (Phi) is 3.31. The molecule has 3 rings (SSSR count). The summed E-state index contributed by atoms with van der Waals surface area (Å²) in [4.78, 5) is 18.2. The Morgan fingerprint density at radius 1 is 1.50 bits per heavy atom. The highest BCUT2D eigenvalue weighted by Gasteiger charge is 2.12. The van der Waals surface area contributed by atoms with Crippen LogP contribution in [0.2, 0.25) is 5.15 Å². The van der Waals surface area contributed by atoms with Crippen molar-refractivity contribution in [3.8, 4) is 0 Å². The number of aryl methyl sites for hydroxylation is 1. The van der Waals surface area contributed by atoms with Gasteiger partial charge in [0.05, 0.1) is 12.2 Å². The first-order valence-corrected chi connectivity index (χ1v) is 7.61. The van der Waals surface area contributed by atoms with E-state index < -0.39 is 0 Å². The second-order valence-electron chi connectivity index (χ2n) is 4.20. The molecule has 9 heteroatoms. The number of hydrogen-bond acceptors (Lipinski definition) is 5. The highest BCUT2D eigenvalue weighted by Crippen LogP contribution is 2.24. The summed E-state index contributed by atoms with van der Waals surface area (Å²) in [6, 6.07) is 3.02. The van der Waals surface area contributed by atoms with Crippen molar-refractivity contribution in [2.75, 3.05) is 5.73 Å². The molecule has 0 fully saturated rings. The summed E-state index contributed by atoms with van der Waals surface area (Å²) in [5, 5.41) is 4.46. The molecule has 3 aromatic heterocycles. The Hall–Kier alpha value is -1.38. The zero-order chi connectivity index (χ0) is 14.4. The third kappa shape index (κ3) is 2.23. The first-order valence-electron chi connectivity index (χ1n) is 5.62. The summed E-state index contributed by atoms with van der Waals surface area (Å²) in [6.07, 6.45) is 0. The molecule has 3 heterocycles. The fraction of sp³-hybridized carbons (Fsp3) is 0.182. The maximum absolute atomic E-state index is 12.1. The maximum Gasteiger partial charge on any atom is 0.259 e. The quantitative estimate of drug-likeness (QED) is 0.746. The molecule has 0 radical (unpaired) electrons. The number of nitrogen functional groups attached to an aromatic ring is 1. The number of nitrogens with zero attached hydrogens (tertiary/aromatic N) is 4. The van der Waals surface area contributed by atoms with Gasteiger partial charge in [-0.2, -0.15) is 5.10 Å². The van der Waals surface area contributed by atoms with E-state index in [0.29, 0.717) is 28.2 Å². The van der Waals surface area contributed by atoms with E-state index in [1.54, 1.807) is 6.07 Å². The molecule has 0 aliphatic carbocycles. The highest BCUT2D eigenvalue weighted by atomic mass is 79.9. The largest absolute Gasteiger partial charge is 0.382 e. The van der Waals surface area contributed by atoms with Crippen LogP contribution in [0.1, 0.15) is 10.6 Å². The van der Waals surface area contributed by atoms with Gasteiger partial charge >= 0.3 is 0 Å². The van der Waals surface area contributed by atoms with Gasteiger partial charge in [-0.1, -0.05) is 11.6 Å². The van der Waals surface area contributed by atoms with Gasteiger partial charge in [0.25, 0.3) is 5.56 Å². The second kappa shape index (κ2) is 4.87. The Balaban J connectivity index is 2.09. The number of fused-ring (bicyclic) bond motifs is 1. The lowest BCUT2D eigenvalue weighted by molar-refractivity contribution is 0.675. The van der Waals surface area contributed by atoms with Crippen molar-refractivity contribution in [3.63, 3.8) is 0 Å². The molecule has 104 valence electrons. The van der Waals surface area contributed by atoms with E-state index in [-0.39, 0.29) is 5.56 Å². The lowest BCUT2D eigenvalue weighted by atomic mass is 10.4. The van der Waals surface area contributed by atoms with Gasteiger partial charge in [-0.25, -0.2) is 14.1 Å². The number of hydrogen-bond donors (Lipinski definition) is 1. The van der Waals surface area contributed by atoms with Gasteiger partial charge in [-0.3, -0.25) is 4.79 Å². The van der Waals surface area contributed by atoms with Crippen molar-refractivity contribution in [2.45, 2.75) is 13.5 Å². The van der Waals surface area contributed by atoms with E-state index >= 15 is 0 Å². The number of anilines is 1. The third-order valence-corrected chi connectivity index (χ3v) is 5.21. The van der Waals surface area contributed by atoms with E-state index in [1.807, 2.05) is 6.92 Å². The Labute approximate surface area is 130 Å². The van der Waals surface area contributed by atoms with Crippen molar-refractivity contribution < 1.29 is 0 Å². The van der Waals surface area contributed by atoms with Crippen molar-refractivity contribution >= 4 is 49.6 Å². The van der Waals surface area contributed by atoms with Crippen molar-refractivity contribution in [1.29, 1.82) is 0 Å². The number of nitrogens with two attached hydrogens (primary N) is 1. The molecule has 0 atom stereocenters. The minimum Gasteiger partial charge on any atom is -0.382 e. The van der Waals surface area contributed by atoms with Crippen LogP contribution in [-0.2, 0) is 6.54 Å². The highest BCUT2D eigenvalue weighted by molar-refractivity contribution is 9.10. The van der Waals surface area contributed by atoms with Crippen molar-refractivity contribution in [2.24, 2.45) is 0 Å². The number of aromatic nitrogens is 4. The summed E-state index contributed by atoms with van der Waals surface area (Å²) < 4.78 is 3.77. The predicted molar refractivity (Wildman–Crippen MR) is 82.5 cm³/mol. The molecular weight excluding hydrogens is 366 g/mol. The summed E-state index contributed by atoms with van der Waals surface area (Å²) in [5.74, 6) is 0.336. The fourth-order valence-electron chi connectivity index (χ4n) is 1.85. The van der Waals surface area contributed by atoms with Crippen LogP contribution in [-0.4, -0.2) is 19.2 Å². The first kappa shape index (κ1) is 13.6. The minimum atomic E-state index is -0.141. The molecule has 6 nitrogen and oxygen atoms in total. The third-order valence-electron chi connectivity index (χ3n) is 2.73. The first-order chi connectivity index (χ1) is 9.45. The zero-order valence-corrected chi connectivity index (χ0v) is 13.5. The van der Waals surface area contributed by atoms with Crippen LogP contribution < -0.4 is 11.3 Å². The monoisotopic (exact) mass is 373 g/mol. The van der Waals surface area contributed by atoms with Gasteiger partial charge in [-0.15, -0.1) is 11.3 Å². The number of rotatable bonds is 2. The average Bonchev–Trinajstić information content (AvgIpc) is 2.80. The molecule has 2 N–H and O–H groups in total. The topological polar surface area (TPSA) is 78.2 Å². The van der Waals surface area contributed by atoms with E-state index in [0.717, 1.165) is 9.48 Å². The van der Waals surface area contributed by atoms with Crippen LogP contribution in [0.15, 0.2) is 21.5 Å². The lowest BCUT2D eigenvalue weighted by Gasteiger charge is -2.03. The van der Waals surface area contributed by atoms with E-state index in [1.165, 1.54) is 26.5 Å². The Morgan fingerprint density at radius 2 is 2.25 bits per heavy atom. The average molecular weight is 375 g/mol. The molecule has 0 saturated heterocycles. The van der Waals surface area contributed by atoms with Crippen LogP contribution >= 0.6 is 38.9 Å². The molecular formula is C11H9BrClN5OS. The Morgan fingerprint density at radius 3 is 2.90 bits per heavy atom. The zero-order valence-electron chi connectivity index (χ0n) is 10.3. The molecule has 20 heavy (non-hydrogen) atoms. The summed E-state index contributed by atoms with van der Waals surface area (Å²) in [6.45, 7) is 2.23. The van der Waals surface area contributed by atoms with E-state index in [2.05, 4.69) is 26.0 Å². The minimum absolute atomic E-state index is 0.141. The maximum atomic E-state index is 12.1. The van der Waals surface area contributed by atoms with Gasteiger partial charge in [0, 0.05) is 17.0 Å². The Bertz CT molecular complexity index is 868. The standard InChI is InChI=1S/C11H9BrClN5OS/c1-5-10(12)18-9(19)2-6(15-11(18)20-5)4-17-7(13)3-8(14)16-17/h2-3H,4H2,1H3,(H2,14,16). The van der Waals surface area contributed by atoms with E-state index in [4.69, 9.17) is 17.3 Å². The number of halogens is 2. The lowest BCUT2D eigenvalue weighted by Crippen LogP contribution is -2.16. The van der Waals surface area contributed by atoms with Gasteiger partial charge in [-0.05, 0) is 22.9 Å². The molecule has 0 unspecified atom stereocenters. The molecule has 3 aromatic rings. The SMILES string of the molecule is Cc1sc2nc(Cn3nc(N)cc3Cl)cc(=O)n2c1Br. The molecule has 0 aliphatic heterocycles. The van der Waals surface area contributed by atoms with Gasteiger partial charge in [0.2, 0.25) is 0 Å². The normalized spacial score (nSPS) is 11.3. The molecule has 0 saturated carbocycles. The second-order valence-corrected chi connectivity index (χ2v) is 6.52. The van der Waals surface area contributed by atoms with Gasteiger partial charge < -0.3 is 5.73 Å². The van der Waals surface area contributed by atoms with Gasteiger partial charge in [0.15, 0.2) is 4.96 Å². The predicted octanol–water partition coefficient (Wildman–Crippen LogP) is 2.31. The van der Waals surface area contributed by atoms with Crippen LogP contribution in [0.25, 0.3) is 4.96 Å².